The van der Waals surface area contributed by atoms with Gasteiger partial charge in [0, 0.05) is 30.6 Å². The van der Waals surface area contributed by atoms with Crippen molar-refractivity contribution in [3.63, 3.8) is 0 Å². The highest BCUT2D eigenvalue weighted by Crippen LogP contribution is 2.13. The van der Waals surface area contributed by atoms with Gasteiger partial charge in [0.25, 0.3) is 5.91 Å². The predicted molar refractivity (Wildman–Crippen MR) is 126 cm³/mol. The Morgan fingerprint density at radius 1 is 0.939 bits per heavy atom. The summed E-state index contributed by atoms with van der Waals surface area (Å²) >= 11 is 5.59. The lowest BCUT2D eigenvalue weighted by molar-refractivity contribution is -0.135. The number of ketones is 1. The van der Waals surface area contributed by atoms with Crippen LogP contribution in [0.25, 0.3) is 0 Å². The van der Waals surface area contributed by atoms with Crippen molar-refractivity contribution in [3.05, 3.63) is 71.3 Å². The lowest BCUT2D eigenvalue weighted by atomic mass is 10.0. The van der Waals surface area contributed by atoms with Crippen molar-refractivity contribution >= 4 is 35.1 Å². The Morgan fingerprint density at radius 2 is 1.61 bits per heavy atom. The van der Waals surface area contributed by atoms with Crippen LogP contribution in [0.15, 0.2) is 54.6 Å². The molecule has 174 valence electrons. The molecule has 1 fully saturated rings. The summed E-state index contributed by atoms with van der Waals surface area (Å²) in [5.74, 6) is -1.54. The molecule has 7 nitrogen and oxygen atoms in total. The van der Waals surface area contributed by atoms with Crippen molar-refractivity contribution in [2.75, 3.05) is 19.0 Å². The lowest BCUT2D eigenvalue weighted by Gasteiger charge is -2.25. The van der Waals surface area contributed by atoms with Crippen LogP contribution in [0, 0.1) is 0 Å². The van der Waals surface area contributed by atoms with E-state index in [0.29, 0.717) is 25.1 Å². The summed E-state index contributed by atoms with van der Waals surface area (Å²) in [4.78, 5) is 52.2. The third-order valence-electron chi connectivity index (χ3n) is 5.62. The number of likely N-dealkylation sites (tertiary alicyclic amines) is 1. The van der Waals surface area contributed by atoms with Crippen LogP contribution in [-0.2, 0) is 16.0 Å². The normalized spacial score (nSPS) is 14.9. The maximum Gasteiger partial charge on any atom is 0.251 e. The van der Waals surface area contributed by atoms with Crippen LogP contribution < -0.4 is 10.6 Å². The first kappa shape index (κ1) is 24.5. The van der Waals surface area contributed by atoms with Crippen LogP contribution in [0.3, 0.4) is 0 Å². The van der Waals surface area contributed by atoms with E-state index in [-0.39, 0.29) is 23.1 Å². The van der Waals surface area contributed by atoms with Crippen molar-refractivity contribution < 1.29 is 19.2 Å². The first-order valence-corrected chi connectivity index (χ1v) is 11.6. The van der Waals surface area contributed by atoms with Crippen molar-refractivity contribution in [3.8, 4) is 0 Å². The predicted octanol–water partition coefficient (Wildman–Crippen LogP) is 2.58. The van der Waals surface area contributed by atoms with Gasteiger partial charge in [0.15, 0.2) is 5.78 Å². The van der Waals surface area contributed by atoms with E-state index in [2.05, 4.69) is 10.6 Å². The summed E-state index contributed by atoms with van der Waals surface area (Å²) in [7, 11) is 0. The first-order valence-electron chi connectivity index (χ1n) is 11.0. The fourth-order valence-electron chi connectivity index (χ4n) is 3.76. The Kier molecular flexibility index (Phi) is 8.60. The van der Waals surface area contributed by atoms with E-state index in [1.54, 1.807) is 30.0 Å². The van der Waals surface area contributed by atoms with Gasteiger partial charge in [0.1, 0.15) is 12.1 Å². The molecule has 0 spiro atoms. The second kappa shape index (κ2) is 11.6. The molecule has 2 aromatic rings. The van der Waals surface area contributed by atoms with Crippen molar-refractivity contribution in [1.82, 2.24) is 15.5 Å². The summed E-state index contributed by atoms with van der Waals surface area (Å²) in [6, 6.07) is 14.1. The third kappa shape index (κ3) is 6.65. The quantitative estimate of drug-likeness (QED) is 0.436. The van der Waals surface area contributed by atoms with E-state index in [4.69, 9.17) is 11.6 Å². The summed E-state index contributed by atoms with van der Waals surface area (Å²) in [6.45, 7) is 2.92. The first-order chi connectivity index (χ1) is 15.9. The monoisotopic (exact) mass is 469 g/mol. The zero-order valence-electron chi connectivity index (χ0n) is 18.6. The molecule has 0 saturated carbocycles. The lowest BCUT2D eigenvalue weighted by Crippen LogP contribution is -2.54. The fourth-order valence-corrected chi connectivity index (χ4v) is 3.92. The number of nitrogens with one attached hydrogen (secondary N) is 2. The second-order valence-electron chi connectivity index (χ2n) is 8.12. The molecule has 2 N–H and O–H groups in total. The Labute approximate surface area is 198 Å². The molecule has 0 radical (unpaired) electrons. The molecule has 0 bridgehead atoms. The Bertz CT molecular complexity index is 1010. The van der Waals surface area contributed by atoms with Gasteiger partial charge in [-0.2, -0.15) is 0 Å². The molecular weight excluding hydrogens is 442 g/mol. The summed E-state index contributed by atoms with van der Waals surface area (Å²) < 4.78 is 0. The van der Waals surface area contributed by atoms with E-state index >= 15 is 0 Å². The van der Waals surface area contributed by atoms with E-state index < -0.39 is 23.9 Å². The molecule has 0 aliphatic carbocycles. The molecule has 8 heteroatoms. The molecule has 0 aromatic heterocycles. The van der Waals surface area contributed by atoms with Gasteiger partial charge in [-0.15, -0.1) is 11.6 Å². The standard InChI is InChI=1S/C25H28ClN3O4/c1-17(27-24(32)20-11-7-10-19(15-20)22(30)16-26)23(31)28-21(14-18-8-3-2-4-9-18)25(33)29-12-5-6-13-29/h2-4,7-11,15,17,21H,5-6,12-14,16H2,1H3,(H,27,32)(H,28,31)/t17-,21-/m0/s1. The van der Waals surface area contributed by atoms with E-state index in [1.807, 2.05) is 30.3 Å². The van der Waals surface area contributed by atoms with Crippen molar-refractivity contribution in [1.29, 1.82) is 0 Å². The van der Waals surface area contributed by atoms with Crippen LogP contribution in [0.4, 0.5) is 0 Å². The molecule has 2 atom stereocenters. The molecule has 0 unspecified atom stereocenters. The number of carbonyl (C=O) groups is 4. The van der Waals surface area contributed by atoms with Gasteiger partial charge in [-0.25, -0.2) is 0 Å². The zero-order chi connectivity index (χ0) is 23.8. The minimum absolute atomic E-state index is 0.115. The van der Waals surface area contributed by atoms with Gasteiger partial charge < -0.3 is 15.5 Å². The highest BCUT2D eigenvalue weighted by molar-refractivity contribution is 6.30. The van der Waals surface area contributed by atoms with Crippen LogP contribution in [0.1, 0.15) is 46.0 Å². The number of hydrogen-bond donors (Lipinski definition) is 2. The van der Waals surface area contributed by atoms with Gasteiger partial charge >= 0.3 is 0 Å². The molecular formula is C25H28ClN3O4. The highest BCUT2D eigenvalue weighted by atomic mass is 35.5. The fraction of sp³-hybridized carbons (Fsp3) is 0.360. The average molecular weight is 470 g/mol. The molecule has 1 saturated heterocycles. The third-order valence-corrected chi connectivity index (χ3v) is 5.87. The van der Waals surface area contributed by atoms with Crippen LogP contribution >= 0.6 is 11.6 Å². The van der Waals surface area contributed by atoms with Crippen LogP contribution in [0.2, 0.25) is 0 Å². The van der Waals surface area contributed by atoms with Gasteiger partial charge in [-0.3, -0.25) is 19.2 Å². The molecule has 1 heterocycles. The maximum absolute atomic E-state index is 13.1. The van der Waals surface area contributed by atoms with Gasteiger partial charge in [-0.05, 0) is 37.5 Å². The molecule has 3 rings (SSSR count). The molecule has 2 aromatic carbocycles. The van der Waals surface area contributed by atoms with Gasteiger partial charge in [-0.1, -0.05) is 42.5 Å². The van der Waals surface area contributed by atoms with Gasteiger partial charge in [0.05, 0.1) is 5.88 Å². The summed E-state index contributed by atoms with van der Waals surface area (Å²) in [5, 5.41) is 5.46. The smallest absolute Gasteiger partial charge is 0.251 e. The van der Waals surface area contributed by atoms with E-state index in [0.717, 1.165) is 18.4 Å². The molecule has 1 aliphatic heterocycles. The zero-order valence-corrected chi connectivity index (χ0v) is 19.3. The minimum Gasteiger partial charge on any atom is -0.342 e. The minimum atomic E-state index is -0.880. The summed E-state index contributed by atoms with van der Waals surface area (Å²) in [6.07, 6.45) is 2.27. The largest absolute Gasteiger partial charge is 0.342 e. The average Bonchev–Trinajstić information content (AvgIpc) is 3.38. The maximum atomic E-state index is 13.1. The number of nitrogens with zero attached hydrogens (tertiary/aromatic N) is 1. The Morgan fingerprint density at radius 3 is 2.27 bits per heavy atom. The number of hydrogen-bond acceptors (Lipinski definition) is 4. The number of Topliss-reactive ketones (excluding diaryl/α,β-unsaturated/α-hetero) is 1. The molecule has 1 aliphatic rings. The topological polar surface area (TPSA) is 95.6 Å². The van der Waals surface area contributed by atoms with Gasteiger partial charge in [0.2, 0.25) is 11.8 Å². The number of carbonyl (C=O) groups excluding carboxylic acids is 4. The van der Waals surface area contributed by atoms with E-state index in [1.165, 1.54) is 6.07 Å². The second-order valence-corrected chi connectivity index (χ2v) is 8.38. The summed E-state index contributed by atoms with van der Waals surface area (Å²) in [5.41, 5.74) is 1.52. The van der Waals surface area contributed by atoms with E-state index in [9.17, 15) is 19.2 Å². The van der Waals surface area contributed by atoms with Crippen LogP contribution in [0.5, 0.6) is 0 Å². The molecule has 3 amide bonds. The Hall–Kier alpha value is -3.19. The number of halogens is 1. The SMILES string of the molecule is C[C@H](NC(=O)c1cccc(C(=O)CCl)c1)C(=O)N[C@@H](Cc1ccccc1)C(=O)N1CCCC1. The highest BCUT2D eigenvalue weighted by Gasteiger charge is 2.29. The number of alkyl halides is 1. The Balaban J connectivity index is 1.67. The number of amides is 3. The number of rotatable bonds is 9. The molecule has 33 heavy (non-hydrogen) atoms. The number of benzene rings is 2. The van der Waals surface area contributed by atoms with Crippen molar-refractivity contribution in [2.24, 2.45) is 0 Å². The van der Waals surface area contributed by atoms with Crippen LogP contribution in [-0.4, -0.2) is 59.5 Å². The van der Waals surface area contributed by atoms with Crippen molar-refractivity contribution in [2.45, 2.75) is 38.3 Å².